The Balaban J connectivity index is 2.45. The maximum absolute atomic E-state index is 5.98. The third-order valence-electron chi connectivity index (χ3n) is 1.86. The molecule has 15 heavy (non-hydrogen) atoms. The zero-order valence-corrected chi connectivity index (χ0v) is 11.1. The highest BCUT2D eigenvalue weighted by Gasteiger charge is 2.03. The monoisotopic (exact) mass is 350 g/mol. The molecule has 0 atom stereocenters. The van der Waals surface area contributed by atoms with E-state index < -0.39 is 0 Å². The van der Waals surface area contributed by atoms with E-state index in [0.717, 1.165) is 14.8 Å². The van der Waals surface area contributed by atoms with Gasteiger partial charge in [0.2, 0.25) is 0 Å². The van der Waals surface area contributed by atoms with Gasteiger partial charge in [-0.05, 0) is 40.8 Å². The second kappa shape index (κ2) is 4.63. The Morgan fingerprint density at radius 1 is 1.00 bits per heavy atom. The van der Waals surface area contributed by atoms with Crippen LogP contribution in [-0.4, -0.2) is 9.97 Å². The normalized spacial score (nSPS) is 10.3. The van der Waals surface area contributed by atoms with Crippen molar-refractivity contribution in [2.45, 2.75) is 0 Å². The molecule has 0 fully saturated rings. The molecule has 2 nitrogen and oxygen atoms in total. The summed E-state index contributed by atoms with van der Waals surface area (Å²) in [7, 11) is 0. The smallest absolute Gasteiger partial charge is 0.129 e. The van der Waals surface area contributed by atoms with Gasteiger partial charge in [-0.1, -0.05) is 23.2 Å². The Morgan fingerprint density at radius 3 is 2.33 bits per heavy atom. The van der Waals surface area contributed by atoms with Gasteiger partial charge in [-0.2, -0.15) is 0 Å². The Bertz CT molecular complexity index is 485. The quantitative estimate of drug-likeness (QED) is 0.572. The first-order chi connectivity index (χ1) is 7.16. The maximum atomic E-state index is 5.98. The number of hydrogen-bond donors (Lipinski definition) is 0. The number of aromatic nitrogens is 2. The summed E-state index contributed by atoms with van der Waals surface area (Å²) in [6.07, 6.45) is 3.46. The molecule has 0 aliphatic carbocycles. The van der Waals surface area contributed by atoms with E-state index in [-0.39, 0.29) is 0 Å². The van der Waals surface area contributed by atoms with E-state index in [9.17, 15) is 0 Å². The third kappa shape index (κ3) is 2.59. The molecule has 0 unspecified atom stereocenters. The van der Waals surface area contributed by atoms with Crippen LogP contribution in [0.1, 0.15) is 0 Å². The summed E-state index contributed by atoms with van der Waals surface area (Å²) in [5, 5.41) is 1.12. The minimum Gasteiger partial charge on any atom is -0.248 e. The molecule has 5 heteroatoms. The summed E-state index contributed by atoms with van der Waals surface area (Å²) in [5.41, 5.74) is 1.88. The van der Waals surface area contributed by atoms with Gasteiger partial charge >= 0.3 is 0 Å². The van der Waals surface area contributed by atoms with Crippen molar-refractivity contribution in [1.29, 1.82) is 0 Å². The average Bonchev–Trinajstić information content (AvgIpc) is 2.23. The van der Waals surface area contributed by atoms with Crippen LogP contribution in [0.3, 0.4) is 0 Å². The zero-order chi connectivity index (χ0) is 10.8. The summed E-state index contributed by atoms with van der Waals surface area (Å²) in [5.74, 6) is 0. The second-order valence-electron chi connectivity index (χ2n) is 2.87. The van der Waals surface area contributed by atoms with Crippen molar-refractivity contribution in [1.82, 2.24) is 9.97 Å². The van der Waals surface area contributed by atoms with Crippen LogP contribution in [0.5, 0.6) is 0 Å². The SMILES string of the molecule is Clc1ccc(-c2cnc(I)c(Cl)c2)cn1. The average molecular weight is 351 g/mol. The van der Waals surface area contributed by atoms with Crippen LogP contribution in [-0.2, 0) is 0 Å². The highest BCUT2D eigenvalue weighted by atomic mass is 127. The molecule has 0 saturated carbocycles. The van der Waals surface area contributed by atoms with Crippen molar-refractivity contribution in [2.24, 2.45) is 0 Å². The number of rotatable bonds is 1. The van der Waals surface area contributed by atoms with E-state index in [2.05, 4.69) is 32.6 Å². The Morgan fingerprint density at radius 2 is 1.73 bits per heavy atom. The Kier molecular flexibility index (Phi) is 3.43. The lowest BCUT2D eigenvalue weighted by atomic mass is 10.1. The molecule has 0 aromatic carbocycles. The number of pyridine rings is 2. The van der Waals surface area contributed by atoms with E-state index in [4.69, 9.17) is 23.2 Å². The minimum absolute atomic E-state index is 0.475. The molecule has 2 rings (SSSR count). The molecule has 0 aliphatic heterocycles. The van der Waals surface area contributed by atoms with Gasteiger partial charge in [-0.3, -0.25) is 0 Å². The Labute approximate surface area is 111 Å². The van der Waals surface area contributed by atoms with Crippen molar-refractivity contribution in [3.8, 4) is 11.1 Å². The molecular formula is C10H5Cl2IN2. The number of halogens is 3. The fourth-order valence-electron chi connectivity index (χ4n) is 1.13. The van der Waals surface area contributed by atoms with Crippen LogP contribution >= 0.6 is 45.8 Å². The molecule has 2 aromatic rings. The standard InChI is InChI=1S/C10H5Cl2IN2/c11-8-3-7(5-15-10(8)13)6-1-2-9(12)14-4-6/h1-5H. The van der Waals surface area contributed by atoms with Gasteiger partial charge in [0.05, 0.1) is 5.02 Å². The molecule has 0 saturated heterocycles. The molecule has 0 bridgehead atoms. The largest absolute Gasteiger partial charge is 0.248 e. The van der Waals surface area contributed by atoms with Crippen molar-refractivity contribution in [3.05, 3.63) is 44.5 Å². The van der Waals surface area contributed by atoms with Crippen molar-refractivity contribution < 1.29 is 0 Å². The van der Waals surface area contributed by atoms with E-state index >= 15 is 0 Å². The predicted octanol–water partition coefficient (Wildman–Crippen LogP) is 4.06. The second-order valence-corrected chi connectivity index (χ2v) is 4.68. The first-order valence-corrected chi connectivity index (χ1v) is 5.93. The lowest BCUT2D eigenvalue weighted by Gasteiger charge is -2.02. The summed E-state index contributed by atoms with van der Waals surface area (Å²) >= 11 is 13.8. The minimum atomic E-state index is 0.475. The zero-order valence-electron chi connectivity index (χ0n) is 7.42. The summed E-state index contributed by atoms with van der Waals surface area (Å²) in [6, 6.07) is 5.49. The molecule has 0 amide bonds. The molecule has 0 N–H and O–H groups in total. The van der Waals surface area contributed by atoms with Crippen LogP contribution in [0, 0.1) is 3.70 Å². The molecule has 2 heterocycles. The number of hydrogen-bond acceptors (Lipinski definition) is 2. The molecule has 0 aliphatic rings. The van der Waals surface area contributed by atoms with Crippen molar-refractivity contribution >= 4 is 45.8 Å². The van der Waals surface area contributed by atoms with Crippen LogP contribution in [0.2, 0.25) is 10.2 Å². The molecule has 0 spiro atoms. The van der Waals surface area contributed by atoms with Crippen LogP contribution < -0.4 is 0 Å². The van der Waals surface area contributed by atoms with Gasteiger partial charge < -0.3 is 0 Å². The predicted molar refractivity (Wildman–Crippen MR) is 70.2 cm³/mol. The van der Waals surface area contributed by atoms with Gasteiger partial charge in [0.25, 0.3) is 0 Å². The van der Waals surface area contributed by atoms with Crippen molar-refractivity contribution in [2.75, 3.05) is 0 Å². The fourth-order valence-corrected chi connectivity index (χ4v) is 1.70. The van der Waals surface area contributed by atoms with E-state index in [1.807, 2.05) is 12.1 Å². The first kappa shape index (κ1) is 11.1. The molecule has 2 aromatic heterocycles. The van der Waals surface area contributed by atoms with E-state index in [1.165, 1.54) is 0 Å². The maximum Gasteiger partial charge on any atom is 0.129 e. The van der Waals surface area contributed by atoms with Crippen LogP contribution in [0.25, 0.3) is 11.1 Å². The van der Waals surface area contributed by atoms with Crippen LogP contribution in [0.4, 0.5) is 0 Å². The number of nitrogens with zero attached hydrogens (tertiary/aromatic N) is 2. The Hall–Kier alpha value is -0.390. The lowest BCUT2D eigenvalue weighted by Crippen LogP contribution is -1.85. The third-order valence-corrected chi connectivity index (χ3v) is 3.55. The topological polar surface area (TPSA) is 25.8 Å². The highest BCUT2D eigenvalue weighted by Crippen LogP contribution is 2.24. The van der Waals surface area contributed by atoms with E-state index in [0.29, 0.717) is 10.2 Å². The summed E-state index contributed by atoms with van der Waals surface area (Å²) < 4.78 is 0.792. The summed E-state index contributed by atoms with van der Waals surface area (Å²) in [4.78, 5) is 8.17. The van der Waals surface area contributed by atoms with Gasteiger partial charge in [0.1, 0.15) is 8.85 Å². The van der Waals surface area contributed by atoms with Gasteiger partial charge in [-0.25, -0.2) is 9.97 Å². The first-order valence-electron chi connectivity index (χ1n) is 4.10. The molecule has 76 valence electrons. The van der Waals surface area contributed by atoms with E-state index in [1.54, 1.807) is 18.5 Å². The molecular weight excluding hydrogens is 346 g/mol. The molecule has 0 radical (unpaired) electrons. The van der Waals surface area contributed by atoms with Gasteiger partial charge in [0.15, 0.2) is 0 Å². The summed E-state index contributed by atoms with van der Waals surface area (Å²) in [6.45, 7) is 0. The lowest BCUT2D eigenvalue weighted by molar-refractivity contribution is 1.26. The highest BCUT2D eigenvalue weighted by molar-refractivity contribution is 14.1. The fraction of sp³-hybridized carbons (Fsp3) is 0. The van der Waals surface area contributed by atoms with Crippen molar-refractivity contribution in [3.63, 3.8) is 0 Å². The van der Waals surface area contributed by atoms with Crippen LogP contribution in [0.15, 0.2) is 30.6 Å². The van der Waals surface area contributed by atoms with Gasteiger partial charge in [-0.15, -0.1) is 0 Å². The van der Waals surface area contributed by atoms with Gasteiger partial charge in [0, 0.05) is 23.5 Å².